The molecule has 1 aromatic heterocycles. The second kappa shape index (κ2) is 4.28. The summed E-state index contributed by atoms with van der Waals surface area (Å²) in [4.78, 5) is 0. The number of hydrogen-bond acceptors (Lipinski definition) is 2. The van der Waals surface area contributed by atoms with Crippen LogP contribution in [0.1, 0.15) is 11.1 Å². The molecule has 0 aliphatic heterocycles. The first-order chi connectivity index (χ1) is 7.63. The molecular formula is C11H7BrClN3. The minimum atomic E-state index is 0.497. The molecule has 0 aliphatic rings. The van der Waals surface area contributed by atoms with E-state index in [4.69, 9.17) is 16.9 Å². The molecule has 0 saturated heterocycles. The number of nitriles is 1. The van der Waals surface area contributed by atoms with E-state index in [1.54, 1.807) is 4.68 Å². The quantitative estimate of drug-likeness (QED) is 0.808. The van der Waals surface area contributed by atoms with E-state index >= 15 is 0 Å². The summed E-state index contributed by atoms with van der Waals surface area (Å²) >= 11 is 9.36. The van der Waals surface area contributed by atoms with E-state index in [-0.39, 0.29) is 0 Å². The van der Waals surface area contributed by atoms with Crippen molar-refractivity contribution in [3.05, 3.63) is 45.1 Å². The third-order valence-electron chi connectivity index (χ3n) is 2.23. The fourth-order valence-electron chi connectivity index (χ4n) is 1.30. The van der Waals surface area contributed by atoms with Gasteiger partial charge in [0.1, 0.15) is 16.2 Å². The van der Waals surface area contributed by atoms with Gasteiger partial charge in [-0.2, -0.15) is 10.4 Å². The van der Waals surface area contributed by atoms with Crippen LogP contribution in [-0.2, 0) is 0 Å². The molecule has 3 nitrogen and oxygen atoms in total. The summed E-state index contributed by atoms with van der Waals surface area (Å²) in [6.45, 7) is 1.94. The third kappa shape index (κ3) is 1.84. The lowest BCUT2D eigenvalue weighted by molar-refractivity contribution is 0.860. The Kier molecular flexibility index (Phi) is 2.99. The number of halogens is 2. The van der Waals surface area contributed by atoms with Crippen LogP contribution in [0.5, 0.6) is 0 Å². The smallest absolute Gasteiger partial charge is 0.127 e. The molecule has 2 aromatic rings. The number of aryl methyl sites for hydroxylation is 1. The van der Waals surface area contributed by atoms with Crippen LogP contribution < -0.4 is 0 Å². The first kappa shape index (κ1) is 11.2. The molecule has 0 atom stereocenters. The Morgan fingerprint density at radius 3 is 2.81 bits per heavy atom. The zero-order valence-electron chi connectivity index (χ0n) is 8.41. The largest absolute Gasteiger partial charge is 0.225 e. The van der Waals surface area contributed by atoms with Gasteiger partial charge in [-0.3, -0.25) is 0 Å². The summed E-state index contributed by atoms with van der Waals surface area (Å²) in [5.74, 6) is 0. The van der Waals surface area contributed by atoms with Crippen molar-refractivity contribution in [1.82, 2.24) is 9.78 Å². The standard InChI is InChI=1S/C11H7BrClN3/c1-7-2-3-9(4-10(7)13)16-11(12)8(5-14)6-15-16/h2-4,6H,1H3. The van der Waals surface area contributed by atoms with E-state index in [2.05, 4.69) is 21.0 Å². The molecular weight excluding hydrogens is 289 g/mol. The van der Waals surface area contributed by atoms with E-state index in [0.29, 0.717) is 15.2 Å². The highest BCUT2D eigenvalue weighted by Gasteiger charge is 2.09. The number of rotatable bonds is 1. The molecule has 80 valence electrons. The molecule has 0 radical (unpaired) electrons. The summed E-state index contributed by atoms with van der Waals surface area (Å²) in [7, 11) is 0. The highest BCUT2D eigenvalue weighted by Crippen LogP contribution is 2.23. The van der Waals surface area contributed by atoms with Gasteiger partial charge in [-0.05, 0) is 40.5 Å². The molecule has 0 amide bonds. The monoisotopic (exact) mass is 295 g/mol. The summed E-state index contributed by atoms with van der Waals surface area (Å²) < 4.78 is 2.26. The van der Waals surface area contributed by atoms with E-state index in [9.17, 15) is 0 Å². The van der Waals surface area contributed by atoms with Gasteiger partial charge in [-0.1, -0.05) is 17.7 Å². The maximum Gasteiger partial charge on any atom is 0.127 e. The van der Waals surface area contributed by atoms with E-state index < -0.39 is 0 Å². The molecule has 16 heavy (non-hydrogen) atoms. The Morgan fingerprint density at radius 1 is 1.50 bits per heavy atom. The van der Waals surface area contributed by atoms with Crippen LogP contribution in [-0.4, -0.2) is 9.78 Å². The summed E-state index contributed by atoms with van der Waals surface area (Å²) in [5.41, 5.74) is 2.33. The van der Waals surface area contributed by atoms with Crippen LogP contribution in [0.4, 0.5) is 0 Å². The highest BCUT2D eigenvalue weighted by atomic mass is 79.9. The normalized spacial score (nSPS) is 10.1. The Hall–Kier alpha value is -1.31. The van der Waals surface area contributed by atoms with Crippen molar-refractivity contribution in [3.63, 3.8) is 0 Å². The minimum Gasteiger partial charge on any atom is -0.225 e. The second-order valence-corrected chi connectivity index (χ2v) is 4.46. The summed E-state index contributed by atoms with van der Waals surface area (Å²) in [6, 6.07) is 7.68. The van der Waals surface area contributed by atoms with Gasteiger partial charge in [0.15, 0.2) is 0 Å². The van der Waals surface area contributed by atoms with Crippen LogP contribution in [0, 0.1) is 18.3 Å². The first-order valence-corrected chi connectivity index (χ1v) is 5.70. The lowest BCUT2D eigenvalue weighted by atomic mass is 10.2. The Balaban J connectivity index is 2.55. The molecule has 0 bridgehead atoms. The van der Waals surface area contributed by atoms with Gasteiger partial charge in [0.05, 0.1) is 11.9 Å². The van der Waals surface area contributed by atoms with E-state index in [1.165, 1.54) is 6.20 Å². The predicted molar refractivity (Wildman–Crippen MR) is 65.7 cm³/mol. The first-order valence-electron chi connectivity index (χ1n) is 4.53. The highest BCUT2D eigenvalue weighted by molar-refractivity contribution is 9.10. The van der Waals surface area contributed by atoms with Crippen molar-refractivity contribution >= 4 is 27.5 Å². The van der Waals surface area contributed by atoms with Gasteiger partial charge >= 0.3 is 0 Å². The number of aromatic nitrogens is 2. The van der Waals surface area contributed by atoms with E-state index in [0.717, 1.165) is 11.3 Å². The summed E-state index contributed by atoms with van der Waals surface area (Å²) in [5, 5.41) is 13.6. The molecule has 2 rings (SSSR count). The van der Waals surface area contributed by atoms with Crippen molar-refractivity contribution in [2.75, 3.05) is 0 Å². The molecule has 0 aliphatic carbocycles. The lowest BCUT2D eigenvalue weighted by Gasteiger charge is -2.05. The van der Waals surface area contributed by atoms with Gasteiger partial charge in [-0.25, -0.2) is 4.68 Å². The van der Waals surface area contributed by atoms with Gasteiger partial charge in [0.2, 0.25) is 0 Å². The van der Waals surface area contributed by atoms with E-state index in [1.807, 2.05) is 31.2 Å². The number of nitrogens with zero attached hydrogens (tertiary/aromatic N) is 3. The molecule has 0 saturated carbocycles. The molecule has 5 heteroatoms. The van der Waals surface area contributed by atoms with Crippen LogP contribution >= 0.6 is 27.5 Å². The molecule has 1 aromatic carbocycles. The lowest BCUT2D eigenvalue weighted by Crippen LogP contribution is -1.96. The third-order valence-corrected chi connectivity index (χ3v) is 3.40. The van der Waals surface area contributed by atoms with Crippen LogP contribution in [0.25, 0.3) is 5.69 Å². The average molecular weight is 297 g/mol. The summed E-state index contributed by atoms with van der Waals surface area (Å²) in [6.07, 6.45) is 1.51. The fourth-order valence-corrected chi connectivity index (χ4v) is 1.96. The second-order valence-electron chi connectivity index (χ2n) is 3.31. The molecule has 0 N–H and O–H groups in total. The van der Waals surface area contributed by atoms with Crippen LogP contribution in [0.2, 0.25) is 5.02 Å². The Morgan fingerprint density at radius 2 is 2.25 bits per heavy atom. The Bertz CT molecular complexity index is 583. The predicted octanol–water partition coefficient (Wildman–Crippen LogP) is 3.47. The molecule has 0 fully saturated rings. The van der Waals surface area contributed by atoms with Crippen molar-refractivity contribution in [2.24, 2.45) is 0 Å². The van der Waals surface area contributed by atoms with Crippen molar-refractivity contribution in [3.8, 4) is 11.8 Å². The average Bonchev–Trinajstić information content (AvgIpc) is 2.64. The SMILES string of the molecule is Cc1ccc(-n2ncc(C#N)c2Br)cc1Cl. The number of hydrogen-bond donors (Lipinski definition) is 0. The molecule has 0 spiro atoms. The fraction of sp³-hybridized carbons (Fsp3) is 0.0909. The van der Waals surface area contributed by atoms with Crippen molar-refractivity contribution < 1.29 is 0 Å². The maximum absolute atomic E-state index is 8.82. The van der Waals surface area contributed by atoms with Crippen LogP contribution in [0.3, 0.4) is 0 Å². The van der Waals surface area contributed by atoms with Gasteiger partial charge in [-0.15, -0.1) is 0 Å². The Labute approximate surface area is 106 Å². The van der Waals surface area contributed by atoms with Gasteiger partial charge in [0, 0.05) is 5.02 Å². The zero-order chi connectivity index (χ0) is 11.7. The van der Waals surface area contributed by atoms with Gasteiger partial charge < -0.3 is 0 Å². The number of benzene rings is 1. The maximum atomic E-state index is 8.82. The minimum absolute atomic E-state index is 0.497. The van der Waals surface area contributed by atoms with Crippen molar-refractivity contribution in [2.45, 2.75) is 6.92 Å². The van der Waals surface area contributed by atoms with Crippen molar-refractivity contribution in [1.29, 1.82) is 5.26 Å². The topological polar surface area (TPSA) is 41.6 Å². The zero-order valence-corrected chi connectivity index (χ0v) is 10.7. The van der Waals surface area contributed by atoms with Crippen LogP contribution in [0.15, 0.2) is 29.0 Å². The molecule has 0 unspecified atom stereocenters. The molecule has 1 heterocycles. The van der Waals surface area contributed by atoms with Gasteiger partial charge in [0.25, 0.3) is 0 Å².